The summed E-state index contributed by atoms with van der Waals surface area (Å²) in [5.41, 5.74) is 2.01. The molecule has 0 aliphatic heterocycles. The third-order valence-electron chi connectivity index (χ3n) is 2.31. The van der Waals surface area contributed by atoms with E-state index in [-0.39, 0.29) is 6.61 Å². The van der Waals surface area contributed by atoms with Gasteiger partial charge in [-0.25, -0.2) is 0 Å². The minimum Gasteiger partial charge on any atom is -0.383 e. The molecular formula is C12H16F3NO. The molecule has 96 valence electrons. The molecule has 0 amide bonds. The molecule has 0 saturated heterocycles. The van der Waals surface area contributed by atoms with Gasteiger partial charge in [0.1, 0.15) is 0 Å². The van der Waals surface area contributed by atoms with Crippen LogP contribution in [-0.4, -0.2) is 25.4 Å². The van der Waals surface area contributed by atoms with Crippen LogP contribution in [0.4, 0.5) is 18.9 Å². The van der Waals surface area contributed by atoms with Gasteiger partial charge in [0, 0.05) is 12.2 Å². The van der Waals surface area contributed by atoms with Crippen LogP contribution < -0.4 is 5.32 Å². The molecule has 1 unspecified atom stereocenters. The molecule has 5 heteroatoms. The van der Waals surface area contributed by atoms with Crippen molar-refractivity contribution < 1.29 is 17.9 Å². The molecule has 0 spiro atoms. The van der Waals surface area contributed by atoms with Gasteiger partial charge in [0.25, 0.3) is 0 Å². The van der Waals surface area contributed by atoms with Crippen LogP contribution in [-0.2, 0) is 4.74 Å². The van der Waals surface area contributed by atoms with Crippen molar-refractivity contribution in [2.75, 3.05) is 18.5 Å². The standard InChI is InChI=1S/C12H16F3NO/c1-9-3-5-11(6-4-9)16-7-8-17-10(2)12(13,14)15/h3-6,10,16H,7-8H2,1-2H3. The van der Waals surface area contributed by atoms with Crippen LogP contribution in [0.5, 0.6) is 0 Å². The van der Waals surface area contributed by atoms with Gasteiger partial charge in [0.15, 0.2) is 6.10 Å². The minimum atomic E-state index is -4.29. The van der Waals surface area contributed by atoms with Crippen molar-refractivity contribution in [3.05, 3.63) is 29.8 Å². The molecular weight excluding hydrogens is 231 g/mol. The van der Waals surface area contributed by atoms with Gasteiger partial charge in [-0.2, -0.15) is 13.2 Å². The molecule has 0 aliphatic carbocycles. The highest BCUT2D eigenvalue weighted by molar-refractivity contribution is 5.44. The lowest BCUT2D eigenvalue weighted by atomic mass is 10.2. The summed E-state index contributed by atoms with van der Waals surface area (Å²) in [7, 11) is 0. The van der Waals surface area contributed by atoms with Crippen LogP contribution in [0.15, 0.2) is 24.3 Å². The Hall–Kier alpha value is -1.23. The van der Waals surface area contributed by atoms with Crippen molar-refractivity contribution in [3.63, 3.8) is 0 Å². The first kappa shape index (κ1) is 13.8. The molecule has 0 saturated carbocycles. The average Bonchev–Trinajstić information content (AvgIpc) is 2.25. The second kappa shape index (κ2) is 5.91. The normalized spacial score (nSPS) is 13.5. The lowest BCUT2D eigenvalue weighted by Gasteiger charge is -2.16. The molecule has 0 aromatic heterocycles. The van der Waals surface area contributed by atoms with E-state index in [0.29, 0.717) is 6.54 Å². The lowest BCUT2D eigenvalue weighted by molar-refractivity contribution is -0.213. The van der Waals surface area contributed by atoms with E-state index in [0.717, 1.165) is 18.2 Å². The van der Waals surface area contributed by atoms with E-state index in [1.165, 1.54) is 0 Å². The molecule has 0 heterocycles. The summed E-state index contributed by atoms with van der Waals surface area (Å²) in [6.07, 6.45) is -6.01. The largest absolute Gasteiger partial charge is 0.414 e. The Balaban J connectivity index is 2.23. The second-order valence-electron chi connectivity index (χ2n) is 3.85. The van der Waals surface area contributed by atoms with Crippen molar-refractivity contribution in [2.24, 2.45) is 0 Å². The predicted octanol–water partition coefficient (Wildman–Crippen LogP) is 3.37. The summed E-state index contributed by atoms with van der Waals surface area (Å²) >= 11 is 0. The Kier molecular flexibility index (Phi) is 4.81. The van der Waals surface area contributed by atoms with E-state index in [2.05, 4.69) is 10.1 Å². The Morgan fingerprint density at radius 2 is 1.82 bits per heavy atom. The van der Waals surface area contributed by atoms with E-state index < -0.39 is 12.3 Å². The maximum Gasteiger partial charge on any atom is 0.414 e. The third-order valence-corrected chi connectivity index (χ3v) is 2.31. The Morgan fingerprint density at radius 1 is 1.24 bits per heavy atom. The molecule has 1 rings (SSSR count). The summed E-state index contributed by atoms with van der Waals surface area (Å²) in [5, 5.41) is 2.99. The summed E-state index contributed by atoms with van der Waals surface area (Å²) in [6.45, 7) is 3.35. The fourth-order valence-corrected chi connectivity index (χ4v) is 1.20. The summed E-state index contributed by atoms with van der Waals surface area (Å²) in [5.74, 6) is 0. The number of hydrogen-bond acceptors (Lipinski definition) is 2. The number of nitrogens with one attached hydrogen (secondary N) is 1. The molecule has 1 aromatic carbocycles. The minimum absolute atomic E-state index is 0.0224. The summed E-state index contributed by atoms with van der Waals surface area (Å²) in [4.78, 5) is 0. The van der Waals surface area contributed by atoms with Crippen LogP contribution in [0.25, 0.3) is 0 Å². The Bertz CT molecular complexity index is 335. The van der Waals surface area contributed by atoms with Gasteiger partial charge >= 0.3 is 6.18 Å². The van der Waals surface area contributed by atoms with Crippen LogP contribution in [0.1, 0.15) is 12.5 Å². The van der Waals surface area contributed by atoms with Gasteiger partial charge < -0.3 is 10.1 Å². The van der Waals surface area contributed by atoms with Gasteiger partial charge in [-0.3, -0.25) is 0 Å². The fraction of sp³-hybridized carbons (Fsp3) is 0.500. The van der Waals surface area contributed by atoms with E-state index in [1.54, 1.807) is 0 Å². The number of rotatable bonds is 5. The van der Waals surface area contributed by atoms with Gasteiger partial charge in [-0.05, 0) is 26.0 Å². The van der Waals surface area contributed by atoms with Gasteiger partial charge in [-0.15, -0.1) is 0 Å². The molecule has 17 heavy (non-hydrogen) atoms. The molecule has 0 radical (unpaired) electrons. The topological polar surface area (TPSA) is 21.3 Å². The highest BCUT2D eigenvalue weighted by Gasteiger charge is 2.36. The highest BCUT2D eigenvalue weighted by Crippen LogP contribution is 2.22. The van der Waals surface area contributed by atoms with E-state index in [9.17, 15) is 13.2 Å². The fourth-order valence-electron chi connectivity index (χ4n) is 1.20. The molecule has 1 aromatic rings. The first-order valence-electron chi connectivity index (χ1n) is 5.38. The number of aryl methyl sites for hydroxylation is 1. The molecule has 1 atom stereocenters. The SMILES string of the molecule is Cc1ccc(NCCOC(C)C(F)(F)F)cc1. The number of hydrogen-bond donors (Lipinski definition) is 1. The Labute approximate surface area is 98.8 Å². The zero-order chi connectivity index (χ0) is 12.9. The predicted molar refractivity (Wildman–Crippen MR) is 61.1 cm³/mol. The van der Waals surface area contributed by atoms with E-state index >= 15 is 0 Å². The highest BCUT2D eigenvalue weighted by atomic mass is 19.4. The molecule has 0 fully saturated rings. The van der Waals surface area contributed by atoms with Gasteiger partial charge in [0.05, 0.1) is 6.61 Å². The average molecular weight is 247 g/mol. The van der Waals surface area contributed by atoms with E-state index in [1.807, 2.05) is 31.2 Å². The van der Waals surface area contributed by atoms with Gasteiger partial charge in [0.2, 0.25) is 0 Å². The Morgan fingerprint density at radius 3 is 2.35 bits per heavy atom. The van der Waals surface area contributed by atoms with Crippen LogP contribution in [0.3, 0.4) is 0 Å². The maximum atomic E-state index is 12.1. The molecule has 1 N–H and O–H groups in total. The zero-order valence-electron chi connectivity index (χ0n) is 9.84. The van der Waals surface area contributed by atoms with Crippen LogP contribution >= 0.6 is 0 Å². The van der Waals surface area contributed by atoms with Crippen molar-refractivity contribution in [1.82, 2.24) is 0 Å². The lowest BCUT2D eigenvalue weighted by Crippen LogP contribution is -2.30. The number of benzene rings is 1. The van der Waals surface area contributed by atoms with Crippen molar-refractivity contribution in [2.45, 2.75) is 26.1 Å². The summed E-state index contributed by atoms with van der Waals surface area (Å²) < 4.78 is 41.0. The number of anilines is 1. The summed E-state index contributed by atoms with van der Waals surface area (Å²) in [6, 6.07) is 7.62. The van der Waals surface area contributed by atoms with Crippen molar-refractivity contribution in [1.29, 1.82) is 0 Å². The monoisotopic (exact) mass is 247 g/mol. The van der Waals surface area contributed by atoms with Crippen LogP contribution in [0.2, 0.25) is 0 Å². The second-order valence-corrected chi connectivity index (χ2v) is 3.85. The van der Waals surface area contributed by atoms with Crippen molar-refractivity contribution in [3.8, 4) is 0 Å². The smallest absolute Gasteiger partial charge is 0.383 e. The maximum absolute atomic E-state index is 12.1. The number of ether oxygens (including phenoxy) is 1. The molecule has 2 nitrogen and oxygen atoms in total. The quantitative estimate of drug-likeness (QED) is 0.805. The first-order valence-corrected chi connectivity index (χ1v) is 5.38. The van der Waals surface area contributed by atoms with Crippen LogP contribution in [0, 0.1) is 6.92 Å². The molecule has 0 bridgehead atoms. The third kappa shape index (κ3) is 5.08. The van der Waals surface area contributed by atoms with Gasteiger partial charge in [-0.1, -0.05) is 17.7 Å². The first-order chi connectivity index (χ1) is 7.89. The molecule has 0 aliphatic rings. The number of alkyl halides is 3. The van der Waals surface area contributed by atoms with Crippen molar-refractivity contribution >= 4 is 5.69 Å². The van der Waals surface area contributed by atoms with E-state index in [4.69, 9.17) is 0 Å². The zero-order valence-corrected chi connectivity index (χ0v) is 9.84. The number of halogens is 3.